The van der Waals surface area contributed by atoms with E-state index in [-0.39, 0.29) is 5.56 Å². The number of thiophene rings is 1. The summed E-state index contributed by atoms with van der Waals surface area (Å²) in [6.07, 6.45) is 9.73. The van der Waals surface area contributed by atoms with E-state index in [1.807, 2.05) is 48.7 Å². The van der Waals surface area contributed by atoms with Crippen LogP contribution in [0.25, 0.3) is 33.2 Å². The van der Waals surface area contributed by atoms with E-state index >= 15 is 0 Å². The summed E-state index contributed by atoms with van der Waals surface area (Å²) in [6.45, 7) is 2.50. The molecule has 0 spiro atoms. The average Bonchev–Trinajstić information content (AvgIpc) is 3.47. The van der Waals surface area contributed by atoms with Crippen LogP contribution >= 0.6 is 11.3 Å². The Bertz CT molecular complexity index is 1640. The largest absolute Gasteiger partial charge is 0.296 e. The second-order valence-corrected chi connectivity index (χ2v) is 9.61. The zero-order valence-corrected chi connectivity index (χ0v) is 19.8. The quantitative estimate of drug-likeness (QED) is 0.254. The number of rotatable bonds is 5. The Labute approximate surface area is 200 Å². The van der Waals surface area contributed by atoms with Gasteiger partial charge in [-0.3, -0.25) is 9.36 Å². The molecule has 0 aliphatic heterocycles. The summed E-state index contributed by atoms with van der Waals surface area (Å²) in [5.41, 5.74) is 4.43. The Balaban J connectivity index is 1.57. The van der Waals surface area contributed by atoms with Crippen LogP contribution in [0.4, 0.5) is 0 Å². The number of benzene rings is 1. The summed E-state index contributed by atoms with van der Waals surface area (Å²) >= 11 is 1.60. The minimum atomic E-state index is -0.0847. The highest BCUT2D eigenvalue weighted by Gasteiger charge is 2.21. The highest BCUT2D eigenvalue weighted by atomic mass is 32.1. The van der Waals surface area contributed by atoms with Gasteiger partial charge in [-0.1, -0.05) is 29.8 Å². The number of nitrogens with zero attached hydrogens (tertiary/aromatic N) is 6. The molecule has 0 saturated heterocycles. The van der Waals surface area contributed by atoms with Crippen molar-refractivity contribution in [2.75, 3.05) is 0 Å². The Hall–Kier alpha value is -3.65. The van der Waals surface area contributed by atoms with Crippen LogP contribution in [-0.4, -0.2) is 30.4 Å². The number of para-hydroxylation sites is 2. The van der Waals surface area contributed by atoms with E-state index < -0.39 is 0 Å². The lowest BCUT2D eigenvalue weighted by molar-refractivity contribution is 0.597. The number of hydrogen-bond acceptors (Lipinski definition) is 6. The number of fused-ring (bicyclic) bond motifs is 4. The molecule has 0 radical (unpaired) electrons. The van der Waals surface area contributed by atoms with Gasteiger partial charge in [0.05, 0.1) is 17.2 Å². The number of aryl methyl sites for hydroxylation is 1. The molecule has 0 saturated carbocycles. The lowest BCUT2D eigenvalue weighted by Gasteiger charge is -2.14. The van der Waals surface area contributed by atoms with E-state index in [2.05, 4.69) is 11.2 Å². The molecule has 0 fully saturated rings. The van der Waals surface area contributed by atoms with Crippen molar-refractivity contribution in [2.45, 2.75) is 45.6 Å². The average molecular weight is 469 g/mol. The molecule has 1 aliphatic carbocycles. The molecule has 5 aromatic rings. The molecule has 6 rings (SSSR count). The number of aromatic nitrogens is 5. The van der Waals surface area contributed by atoms with Crippen molar-refractivity contribution in [2.24, 2.45) is 5.10 Å². The van der Waals surface area contributed by atoms with Crippen LogP contribution < -0.4 is 5.56 Å². The summed E-state index contributed by atoms with van der Waals surface area (Å²) in [5.74, 6) is 0.675. The molecule has 170 valence electrons. The molecule has 1 aliphatic rings. The van der Waals surface area contributed by atoms with Crippen molar-refractivity contribution in [1.29, 1.82) is 0 Å². The summed E-state index contributed by atoms with van der Waals surface area (Å²) in [4.78, 5) is 29.3. The zero-order valence-electron chi connectivity index (χ0n) is 18.9. The summed E-state index contributed by atoms with van der Waals surface area (Å²) in [6, 6.07) is 11.7. The van der Waals surface area contributed by atoms with Gasteiger partial charge in [-0.2, -0.15) is 9.78 Å². The maximum absolute atomic E-state index is 13.8. The highest BCUT2D eigenvalue weighted by Crippen LogP contribution is 2.26. The molecule has 0 amide bonds. The zero-order chi connectivity index (χ0) is 23.1. The van der Waals surface area contributed by atoms with E-state index in [1.165, 1.54) is 18.4 Å². The van der Waals surface area contributed by atoms with Gasteiger partial charge in [0.2, 0.25) is 0 Å². The van der Waals surface area contributed by atoms with Crippen LogP contribution in [0, 0.1) is 6.92 Å². The minimum Gasteiger partial charge on any atom is -0.296 e. The molecule has 0 N–H and O–H groups in total. The first kappa shape index (κ1) is 20.9. The Kier molecular flexibility index (Phi) is 5.30. The van der Waals surface area contributed by atoms with Gasteiger partial charge in [-0.15, -0.1) is 11.3 Å². The second kappa shape index (κ2) is 8.61. The van der Waals surface area contributed by atoms with E-state index in [4.69, 9.17) is 15.0 Å². The van der Waals surface area contributed by atoms with E-state index in [1.54, 1.807) is 26.8 Å². The Morgan fingerprint density at radius 1 is 1.06 bits per heavy atom. The molecular weight excluding hydrogens is 444 g/mol. The third-order valence-corrected chi connectivity index (χ3v) is 7.22. The van der Waals surface area contributed by atoms with Crippen LogP contribution in [0.1, 0.15) is 42.8 Å². The molecule has 4 heterocycles. The van der Waals surface area contributed by atoms with E-state index in [9.17, 15) is 4.79 Å². The second-order valence-electron chi connectivity index (χ2n) is 8.63. The molecule has 34 heavy (non-hydrogen) atoms. The molecule has 0 unspecified atom stereocenters. The molecule has 0 atom stereocenters. The van der Waals surface area contributed by atoms with Crippen LogP contribution in [0.2, 0.25) is 0 Å². The maximum Gasteiger partial charge on any atom is 0.265 e. The van der Waals surface area contributed by atoms with Gasteiger partial charge in [-0.05, 0) is 62.6 Å². The lowest BCUT2D eigenvalue weighted by atomic mass is 9.97. The monoisotopic (exact) mass is 468 g/mol. The predicted octanol–water partition coefficient (Wildman–Crippen LogP) is 5.44. The Morgan fingerprint density at radius 2 is 1.91 bits per heavy atom. The molecule has 7 nitrogen and oxygen atoms in total. The predicted molar refractivity (Wildman–Crippen MR) is 138 cm³/mol. The molecular formula is C26H24N6OS. The van der Waals surface area contributed by atoms with E-state index in [0.717, 1.165) is 35.2 Å². The van der Waals surface area contributed by atoms with Crippen molar-refractivity contribution >= 4 is 50.8 Å². The van der Waals surface area contributed by atoms with Crippen LogP contribution in [0.15, 0.2) is 63.3 Å². The van der Waals surface area contributed by atoms with Gasteiger partial charge in [0.15, 0.2) is 11.3 Å². The molecule has 1 aromatic carbocycles. The fourth-order valence-corrected chi connectivity index (χ4v) is 5.23. The topological polar surface area (TPSA) is 78.0 Å². The normalized spacial score (nSPS) is 14.6. The SMILES string of the molecule is Cc1nc2c(c(=O)n1CCC1=CCCCC1)c1nc3ccccc3nc1n2/N=C/c1cccs1. The minimum absolute atomic E-state index is 0.0847. The molecule has 0 bridgehead atoms. The standard InChI is InChI=1S/C26H24N6OS/c1-17-28-24-22(26(33)31(17)14-13-18-8-3-2-4-9-18)23-25(30-21-12-6-5-11-20(21)29-23)32(24)27-16-19-10-7-15-34-19/h5-8,10-12,15-16H,2-4,9,13-14H2,1H3/b27-16+. The smallest absolute Gasteiger partial charge is 0.265 e. The Morgan fingerprint density at radius 3 is 2.68 bits per heavy atom. The van der Waals surface area contributed by atoms with Gasteiger partial charge < -0.3 is 0 Å². The summed E-state index contributed by atoms with van der Waals surface area (Å²) in [7, 11) is 0. The van der Waals surface area contributed by atoms with Gasteiger partial charge in [0.1, 0.15) is 16.7 Å². The highest BCUT2D eigenvalue weighted by molar-refractivity contribution is 7.11. The first-order chi connectivity index (χ1) is 16.7. The van der Waals surface area contributed by atoms with Crippen molar-refractivity contribution in [3.05, 3.63) is 74.5 Å². The number of hydrogen-bond donors (Lipinski definition) is 0. The third kappa shape index (κ3) is 3.64. The molecule has 4 aromatic heterocycles. The summed E-state index contributed by atoms with van der Waals surface area (Å²) < 4.78 is 3.44. The fraction of sp³-hybridized carbons (Fsp3) is 0.269. The van der Waals surface area contributed by atoms with Crippen molar-refractivity contribution < 1.29 is 0 Å². The van der Waals surface area contributed by atoms with Crippen LogP contribution in [0.3, 0.4) is 0 Å². The van der Waals surface area contributed by atoms with Crippen molar-refractivity contribution in [3.63, 3.8) is 0 Å². The number of allylic oxidation sites excluding steroid dienone is 2. The first-order valence-electron chi connectivity index (χ1n) is 11.6. The van der Waals surface area contributed by atoms with Gasteiger partial charge in [-0.25, -0.2) is 15.0 Å². The van der Waals surface area contributed by atoms with E-state index in [0.29, 0.717) is 34.6 Å². The van der Waals surface area contributed by atoms with Crippen LogP contribution in [0.5, 0.6) is 0 Å². The summed E-state index contributed by atoms with van der Waals surface area (Å²) in [5, 5.41) is 7.16. The van der Waals surface area contributed by atoms with Crippen LogP contribution in [-0.2, 0) is 6.54 Å². The lowest BCUT2D eigenvalue weighted by Crippen LogP contribution is -2.24. The van der Waals surface area contributed by atoms with Crippen molar-refractivity contribution in [1.82, 2.24) is 24.2 Å². The fourth-order valence-electron chi connectivity index (χ4n) is 4.65. The van der Waals surface area contributed by atoms with Gasteiger partial charge >= 0.3 is 0 Å². The van der Waals surface area contributed by atoms with Gasteiger partial charge in [0, 0.05) is 11.4 Å². The molecule has 8 heteroatoms. The first-order valence-corrected chi connectivity index (χ1v) is 12.5. The third-order valence-electron chi connectivity index (χ3n) is 6.42. The van der Waals surface area contributed by atoms with Gasteiger partial charge in [0.25, 0.3) is 5.56 Å². The van der Waals surface area contributed by atoms with Crippen molar-refractivity contribution in [3.8, 4) is 0 Å². The maximum atomic E-state index is 13.8.